The Bertz CT molecular complexity index is 506. The van der Waals surface area contributed by atoms with E-state index in [-0.39, 0.29) is 18.1 Å². The average Bonchev–Trinajstić information content (AvgIpc) is 2.25. The first-order valence-corrected chi connectivity index (χ1v) is 6.01. The molecule has 0 aliphatic rings. The average molecular weight is 266 g/mol. The highest BCUT2D eigenvalue weighted by molar-refractivity contribution is 5.93. The molecule has 0 saturated carbocycles. The Kier molecular flexibility index (Phi) is 4.92. The summed E-state index contributed by atoms with van der Waals surface area (Å²) in [6.07, 6.45) is 0.0449. The molecule has 0 atom stereocenters. The zero-order valence-corrected chi connectivity index (χ0v) is 11.4. The smallest absolute Gasteiger partial charge is 0.246 e. The summed E-state index contributed by atoms with van der Waals surface area (Å²) in [4.78, 5) is 11.2. The highest BCUT2D eigenvalue weighted by Crippen LogP contribution is 2.20. The molecule has 5 heteroatoms. The summed E-state index contributed by atoms with van der Waals surface area (Å²) >= 11 is 0. The molecule has 0 fully saturated rings. The number of benzene rings is 1. The van der Waals surface area contributed by atoms with E-state index in [1.165, 1.54) is 6.07 Å². The predicted octanol–water partition coefficient (Wildman–Crippen LogP) is 1.87. The third kappa shape index (κ3) is 4.28. The van der Waals surface area contributed by atoms with E-state index in [0.717, 1.165) is 0 Å². The molecular formula is C14H19FN2O2. The van der Waals surface area contributed by atoms with Gasteiger partial charge in [0.1, 0.15) is 11.6 Å². The molecule has 0 spiro atoms. The lowest BCUT2D eigenvalue weighted by Crippen LogP contribution is -2.20. The largest absolute Gasteiger partial charge is 0.491 e. The molecule has 0 heterocycles. The number of primary amides is 1. The van der Waals surface area contributed by atoms with Crippen molar-refractivity contribution in [1.82, 2.24) is 0 Å². The van der Waals surface area contributed by atoms with Crippen LogP contribution < -0.4 is 16.2 Å². The lowest BCUT2D eigenvalue weighted by atomic mass is 10.0. The molecule has 0 bridgehead atoms. The van der Waals surface area contributed by atoms with Gasteiger partial charge in [-0.05, 0) is 32.4 Å². The van der Waals surface area contributed by atoms with Crippen LogP contribution in [0.5, 0.6) is 5.75 Å². The van der Waals surface area contributed by atoms with Crippen molar-refractivity contribution in [2.45, 2.75) is 33.3 Å². The number of allylic oxidation sites excluding steroid dienone is 1. The topological polar surface area (TPSA) is 78.3 Å². The van der Waals surface area contributed by atoms with Crippen molar-refractivity contribution in [3.8, 4) is 5.75 Å². The summed E-state index contributed by atoms with van der Waals surface area (Å²) in [5, 5.41) is 0. The fourth-order valence-corrected chi connectivity index (χ4v) is 1.63. The van der Waals surface area contributed by atoms with E-state index < -0.39 is 11.7 Å². The number of carbonyl (C=O) groups is 1. The van der Waals surface area contributed by atoms with Crippen molar-refractivity contribution in [1.29, 1.82) is 0 Å². The Morgan fingerprint density at radius 3 is 2.42 bits per heavy atom. The first-order valence-electron chi connectivity index (χ1n) is 6.01. The van der Waals surface area contributed by atoms with Crippen LogP contribution in [0.3, 0.4) is 0 Å². The van der Waals surface area contributed by atoms with Crippen molar-refractivity contribution >= 4 is 5.91 Å². The molecule has 0 unspecified atom stereocenters. The van der Waals surface area contributed by atoms with Gasteiger partial charge in [-0.2, -0.15) is 0 Å². The fourth-order valence-electron chi connectivity index (χ4n) is 1.63. The normalized spacial score (nSPS) is 12.3. The van der Waals surface area contributed by atoms with Gasteiger partial charge in [-0.25, -0.2) is 4.39 Å². The standard InChI is InChI=1S/C14H19FN2O2/c1-8(2)19-11-5-4-10(13(15)7-11)6-12(9(3)16)14(17)18/h4-5,7-8H,6,16H2,1-3H3,(H2,17,18)/b12-9-. The Balaban J connectivity index is 2.98. The third-order valence-electron chi connectivity index (χ3n) is 2.54. The summed E-state index contributed by atoms with van der Waals surface area (Å²) in [6, 6.07) is 4.52. The Morgan fingerprint density at radius 2 is 2.00 bits per heavy atom. The van der Waals surface area contributed by atoms with Crippen molar-refractivity contribution in [3.05, 3.63) is 40.8 Å². The van der Waals surface area contributed by atoms with Crippen LogP contribution in [0.1, 0.15) is 26.3 Å². The van der Waals surface area contributed by atoms with E-state index in [1.54, 1.807) is 19.1 Å². The molecule has 1 aromatic carbocycles. The van der Waals surface area contributed by atoms with E-state index in [9.17, 15) is 9.18 Å². The summed E-state index contributed by atoms with van der Waals surface area (Å²) in [7, 11) is 0. The van der Waals surface area contributed by atoms with Gasteiger partial charge in [0.15, 0.2) is 0 Å². The number of rotatable bonds is 5. The molecule has 1 amide bonds. The van der Waals surface area contributed by atoms with Gasteiger partial charge in [-0.3, -0.25) is 4.79 Å². The van der Waals surface area contributed by atoms with Gasteiger partial charge < -0.3 is 16.2 Å². The van der Waals surface area contributed by atoms with Crippen molar-refractivity contribution < 1.29 is 13.9 Å². The minimum absolute atomic E-state index is 0.0300. The molecule has 4 N–H and O–H groups in total. The van der Waals surface area contributed by atoms with Gasteiger partial charge in [0, 0.05) is 23.8 Å². The number of halogens is 1. The molecule has 104 valence electrons. The van der Waals surface area contributed by atoms with Gasteiger partial charge in [0.05, 0.1) is 6.10 Å². The number of nitrogens with two attached hydrogens (primary N) is 2. The van der Waals surface area contributed by atoms with E-state index in [0.29, 0.717) is 17.0 Å². The van der Waals surface area contributed by atoms with E-state index in [4.69, 9.17) is 16.2 Å². The molecule has 0 aromatic heterocycles. The van der Waals surface area contributed by atoms with Crippen LogP contribution >= 0.6 is 0 Å². The molecule has 0 saturated heterocycles. The number of hydrogen-bond acceptors (Lipinski definition) is 3. The molecule has 0 aliphatic heterocycles. The maximum atomic E-state index is 13.9. The summed E-state index contributed by atoms with van der Waals surface area (Å²) < 4.78 is 19.3. The Labute approximate surface area is 112 Å². The molecule has 0 radical (unpaired) electrons. The Hall–Kier alpha value is -2.04. The number of ether oxygens (including phenoxy) is 1. The van der Waals surface area contributed by atoms with Crippen molar-refractivity contribution in [3.63, 3.8) is 0 Å². The van der Waals surface area contributed by atoms with Crippen LogP contribution in [-0.4, -0.2) is 12.0 Å². The van der Waals surface area contributed by atoms with Gasteiger partial charge in [-0.1, -0.05) is 6.07 Å². The van der Waals surface area contributed by atoms with E-state index in [2.05, 4.69) is 0 Å². The maximum absolute atomic E-state index is 13.9. The second-order valence-electron chi connectivity index (χ2n) is 4.62. The second kappa shape index (κ2) is 6.22. The summed E-state index contributed by atoms with van der Waals surface area (Å²) in [6.45, 7) is 5.28. The second-order valence-corrected chi connectivity index (χ2v) is 4.62. The molecule has 4 nitrogen and oxygen atoms in total. The van der Waals surface area contributed by atoms with E-state index >= 15 is 0 Å². The number of amides is 1. The van der Waals surface area contributed by atoms with Crippen LogP contribution in [-0.2, 0) is 11.2 Å². The van der Waals surface area contributed by atoms with Gasteiger partial charge in [-0.15, -0.1) is 0 Å². The molecule has 1 rings (SSSR count). The zero-order chi connectivity index (χ0) is 14.6. The van der Waals surface area contributed by atoms with Crippen molar-refractivity contribution in [2.75, 3.05) is 0 Å². The first-order chi connectivity index (χ1) is 8.81. The van der Waals surface area contributed by atoms with Crippen LogP contribution in [0.25, 0.3) is 0 Å². The van der Waals surface area contributed by atoms with Crippen LogP contribution in [0.2, 0.25) is 0 Å². The first kappa shape index (κ1) is 15.0. The van der Waals surface area contributed by atoms with Gasteiger partial charge in [0.25, 0.3) is 0 Å². The van der Waals surface area contributed by atoms with Crippen LogP contribution in [0.15, 0.2) is 29.5 Å². The molecule has 19 heavy (non-hydrogen) atoms. The Morgan fingerprint density at radius 1 is 1.37 bits per heavy atom. The minimum atomic E-state index is -0.637. The third-order valence-corrected chi connectivity index (χ3v) is 2.54. The highest BCUT2D eigenvalue weighted by atomic mass is 19.1. The maximum Gasteiger partial charge on any atom is 0.246 e. The SMILES string of the molecule is C/C(N)=C(\Cc1ccc(OC(C)C)cc1F)C(N)=O. The minimum Gasteiger partial charge on any atom is -0.491 e. The number of carbonyl (C=O) groups excluding carboxylic acids is 1. The molecule has 0 aliphatic carbocycles. The van der Waals surface area contributed by atoms with Crippen LogP contribution in [0, 0.1) is 5.82 Å². The lowest BCUT2D eigenvalue weighted by molar-refractivity contribution is -0.114. The number of hydrogen-bond donors (Lipinski definition) is 2. The van der Waals surface area contributed by atoms with E-state index in [1.807, 2.05) is 13.8 Å². The molecule has 1 aromatic rings. The van der Waals surface area contributed by atoms with Crippen LogP contribution in [0.4, 0.5) is 4.39 Å². The van der Waals surface area contributed by atoms with Gasteiger partial charge in [0.2, 0.25) is 5.91 Å². The monoisotopic (exact) mass is 266 g/mol. The lowest BCUT2D eigenvalue weighted by Gasteiger charge is -2.12. The quantitative estimate of drug-likeness (QED) is 0.799. The van der Waals surface area contributed by atoms with Gasteiger partial charge >= 0.3 is 0 Å². The molecular weight excluding hydrogens is 247 g/mol. The fraction of sp³-hybridized carbons (Fsp3) is 0.357. The van der Waals surface area contributed by atoms with Crippen molar-refractivity contribution in [2.24, 2.45) is 11.5 Å². The summed E-state index contributed by atoms with van der Waals surface area (Å²) in [5.41, 5.74) is 11.6. The summed E-state index contributed by atoms with van der Waals surface area (Å²) in [5.74, 6) is -0.634. The zero-order valence-electron chi connectivity index (χ0n) is 11.4. The predicted molar refractivity (Wildman–Crippen MR) is 71.9 cm³/mol. The highest BCUT2D eigenvalue weighted by Gasteiger charge is 2.13.